The number of hydrogen-bond acceptors (Lipinski definition) is 5. The van der Waals surface area contributed by atoms with E-state index in [0.717, 1.165) is 37.6 Å². The summed E-state index contributed by atoms with van der Waals surface area (Å²) in [7, 11) is 0. The number of rotatable bonds is 4. The number of nitrogens with one attached hydrogen (secondary N) is 1. The van der Waals surface area contributed by atoms with Crippen LogP contribution in [0.2, 0.25) is 0 Å². The lowest BCUT2D eigenvalue weighted by Crippen LogP contribution is -2.34. The topological polar surface area (TPSA) is 76.2 Å². The van der Waals surface area contributed by atoms with Crippen molar-refractivity contribution in [3.63, 3.8) is 0 Å². The molecular weight excluding hydrogens is 318 g/mol. The van der Waals surface area contributed by atoms with Crippen LogP contribution < -0.4 is 5.32 Å². The van der Waals surface area contributed by atoms with Gasteiger partial charge in [0.2, 0.25) is 0 Å². The number of anilines is 1. The van der Waals surface area contributed by atoms with Crippen molar-refractivity contribution in [3.8, 4) is 5.69 Å². The molecule has 132 valence electrons. The van der Waals surface area contributed by atoms with Gasteiger partial charge in [0.1, 0.15) is 5.82 Å². The summed E-state index contributed by atoms with van der Waals surface area (Å²) < 4.78 is 1.92. The molecule has 0 amide bonds. The standard InChI is InChI=1S/C18H23N5O2/c1-2-21-11-3-4-13(12-21)17-16-9-10-19-18(16)22(20-17)14-5-7-15(8-6-14)23(24)25/h5-8,13,19H,2-4,9-12H2,1H3. The van der Waals surface area contributed by atoms with E-state index in [1.807, 2.05) is 4.68 Å². The second-order valence-electron chi connectivity index (χ2n) is 6.81. The molecule has 0 radical (unpaired) electrons. The number of nitro benzene ring substituents is 1. The molecule has 7 heteroatoms. The molecule has 0 saturated carbocycles. The molecule has 1 N–H and O–H groups in total. The molecule has 2 aromatic rings. The lowest BCUT2D eigenvalue weighted by Gasteiger charge is -2.31. The van der Waals surface area contributed by atoms with Gasteiger partial charge in [0.15, 0.2) is 0 Å². The molecule has 1 saturated heterocycles. The number of nitrogens with zero attached hydrogens (tertiary/aromatic N) is 4. The zero-order valence-electron chi connectivity index (χ0n) is 14.4. The molecular formula is C18H23N5O2. The van der Waals surface area contributed by atoms with Crippen molar-refractivity contribution in [3.05, 3.63) is 45.6 Å². The molecule has 1 fully saturated rings. The first-order chi connectivity index (χ1) is 12.2. The third-order valence-corrected chi connectivity index (χ3v) is 5.33. The van der Waals surface area contributed by atoms with Crippen LogP contribution in [0.3, 0.4) is 0 Å². The van der Waals surface area contributed by atoms with Crippen LogP contribution in [0.5, 0.6) is 0 Å². The fourth-order valence-corrected chi connectivity index (χ4v) is 4.00. The van der Waals surface area contributed by atoms with Gasteiger partial charge in [-0.3, -0.25) is 10.1 Å². The summed E-state index contributed by atoms with van der Waals surface area (Å²) in [5.41, 5.74) is 3.50. The second kappa shape index (κ2) is 6.48. The zero-order chi connectivity index (χ0) is 17.4. The van der Waals surface area contributed by atoms with Crippen molar-refractivity contribution in [1.29, 1.82) is 0 Å². The van der Waals surface area contributed by atoms with E-state index in [2.05, 4.69) is 17.1 Å². The van der Waals surface area contributed by atoms with Gasteiger partial charge in [-0.25, -0.2) is 4.68 Å². The molecule has 4 rings (SSSR count). The molecule has 1 atom stereocenters. The number of likely N-dealkylation sites (tertiary alicyclic amines) is 1. The van der Waals surface area contributed by atoms with Gasteiger partial charge in [-0.2, -0.15) is 5.10 Å². The maximum atomic E-state index is 10.9. The van der Waals surface area contributed by atoms with Gasteiger partial charge in [0.25, 0.3) is 5.69 Å². The molecule has 0 aliphatic carbocycles. The number of nitro groups is 1. The minimum atomic E-state index is -0.373. The van der Waals surface area contributed by atoms with Crippen LogP contribution in [-0.2, 0) is 6.42 Å². The number of fused-ring (bicyclic) bond motifs is 1. The summed E-state index contributed by atoms with van der Waals surface area (Å²) in [6.07, 6.45) is 3.39. The predicted molar refractivity (Wildman–Crippen MR) is 96.5 cm³/mol. The van der Waals surface area contributed by atoms with E-state index in [9.17, 15) is 10.1 Å². The summed E-state index contributed by atoms with van der Waals surface area (Å²) in [4.78, 5) is 13.0. The number of aromatic nitrogens is 2. The minimum absolute atomic E-state index is 0.103. The summed E-state index contributed by atoms with van der Waals surface area (Å²) >= 11 is 0. The lowest BCUT2D eigenvalue weighted by atomic mass is 9.92. The number of likely N-dealkylation sites (N-methyl/N-ethyl adjacent to an activating group) is 1. The van der Waals surface area contributed by atoms with Crippen LogP contribution in [-0.4, -0.2) is 45.8 Å². The van der Waals surface area contributed by atoms with Crippen LogP contribution >= 0.6 is 0 Å². The van der Waals surface area contributed by atoms with Crippen LogP contribution in [0.1, 0.15) is 36.9 Å². The Balaban J connectivity index is 1.69. The van der Waals surface area contributed by atoms with Gasteiger partial charge < -0.3 is 10.2 Å². The fraction of sp³-hybridized carbons (Fsp3) is 0.500. The molecule has 2 aliphatic heterocycles. The Labute approximate surface area is 146 Å². The Morgan fingerprint density at radius 1 is 1.36 bits per heavy atom. The lowest BCUT2D eigenvalue weighted by molar-refractivity contribution is -0.384. The highest BCUT2D eigenvalue weighted by atomic mass is 16.6. The Bertz CT molecular complexity index is 784. The average molecular weight is 341 g/mol. The maximum absolute atomic E-state index is 10.9. The normalized spacial score (nSPS) is 20.3. The third kappa shape index (κ3) is 2.89. The highest BCUT2D eigenvalue weighted by Gasteiger charge is 2.30. The third-order valence-electron chi connectivity index (χ3n) is 5.33. The predicted octanol–water partition coefficient (Wildman–Crippen LogP) is 2.95. The largest absolute Gasteiger partial charge is 0.369 e. The van der Waals surface area contributed by atoms with Gasteiger partial charge in [0.05, 0.1) is 16.3 Å². The fourth-order valence-electron chi connectivity index (χ4n) is 4.00. The Morgan fingerprint density at radius 2 is 2.16 bits per heavy atom. The number of hydrogen-bond donors (Lipinski definition) is 1. The monoisotopic (exact) mass is 341 g/mol. The Morgan fingerprint density at radius 3 is 2.88 bits per heavy atom. The van der Waals surface area contributed by atoms with Crippen molar-refractivity contribution >= 4 is 11.5 Å². The summed E-state index contributed by atoms with van der Waals surface area (Å²) in [5, 5.41) is 19.2. The van der Waals surface area contributed by atoms with Crippen molar-refractivity contribution < 1.29 is 4.92 Å². The van der Waals surface area contributed by atoms with Gasteiger partial charge in [-0.1, -0.05) is 6.92 Å². The van der Waals surface area contributed by atoms with Gasteiger partial charge in [-0.05, 0) is 44.5 Å². The van der Waals surface area contributed by atoms with Crippen LogP contribution in [0.4, 0.5) is 11.5 Å². The van der Waals surface area contributed by atoms with Crippen molar-refractivity contribution in [2.45, 2.75) is 32.1 Å². The van der Waals surface area contributed by atoms with E-state index in [0.29, 0.717) is 5.92 Å². The summed E-state index contributed by atoms with van der Waals surface area (Å²) in [5.74, 6) is 1.53. The molecule has 0 bridgehead atoms. The molecule has 2 aliphatic rings. The molecule has 1 unspecified atom stereocenters. The Kier molecular flexibility index (Phi) is 4.17. The quantitative estimate of drug-likeness (QED) is 0.683. The Hall–Kier alpha value is -2.41. The smallest absolute Gasteiger partial charge is 0.269 e. The molecule has 1 aromatic heterocycles. The second-order valence-corrected chi connectivity index (χ2v) is 6.81. The summed E-state index contributed by atoms with van der Waals surface area (Å²) in [6.45, 7) is 6.47. The van der Waals surface area contributed by atoms with Crippen molar-refractivity contribution in [1.82, 2.24) is 14.7 Å². The van der Waals surface area contributed by atoms with E-state index >= 15 is 0 Å². The summed E-state index contributed by atoms with van der Waals surface area (Å²) in [6, 6.07) is 6.62. The van der Waals surface area contributed by atoms with Crippen LogP contribution in [0.15, 0.2) is 24.3 Å². The molecule has 7 nitrogen and oxygen atoms in total. The first-order valence-electron chi connectivity index (χ1n) is 9.00. The van der Waals surface area contributed by atoms with Crippen molar-refractivity contribution in [2.75, 3.05) is 31.5 Å². The molecule has 25 heavy (non-hydrogen) atoms. The molecule has 0 spiro atoms. The molecule has 3 heterocycles. The van der Waals surface area contributed by atoms with Gasteiger partial charge >= 0.3 is 0 Å². The maximum Gasteiger partial charge on any atom is 0.269 e. The van der Waals surface area contributed by atoms with Crippen LogP contribution in [0, 0.1) is 10.1 Å². The van der Waals surface area contributed by atoms with E-state index in [-0.39, 0.29) is 10.6 Å². The van der Waals surface area contributed by atoms with E-state index < -0.39 is 0 Å². The average Bonchev–Trinajstić information content (AvgIpc) is 3.24. The number of benzene rings is 1. The van der Waals surface area contributed by atoms with E-state index in [4.69, 9.17) is 5.10 Å². The zero-order valence-corrected chi connectivity index (χ0v) is 14.4. The van der Waals surface area contributed by atoms with Crippen LogP contribution in [0.25, 0.3) is 5.69 Å². The van der Waals surface area contributed by atoms with E-state index in [1.165, 1.54) is 42.8 Å². The highest BCUT2D eigenvalue weighted by molar-refractivity contribution is 5.58. The van der Waals surface area contributed by atoms with Gasteiger partial charge in [-0.15, -0.1) is 0 Å². The van der Waals surface area contributed by atoms with E-state index in [1.54, 1.807) is 12.1 Å². The van der Waals surface area contributed by atoms with Crippen molar-refractivity contribution in [2.24, 2.45) is 0 Å². The first kappa shape index (κ1) is 16.1. The highest BCUT2D eigenvalue weighted by Crippen LogP contribution is 2.36. The minimum Gasteiger partial charge on any atom is -0.369 e. The molecule has 1 aromatic carbocycles. The van der Waals surface area contributed by atoms with Gasteiger partial charge in [0, 0.05) is 36.7 Å². The first-order valence-corrected chi connectivity index (χ1v) is 9.00. The SMILES string of the molecule is CCN1CCCC(c2nn(-c3ccc([N+](=O)[O-])cc3)c3c2CCN3)C1. The number of piperidine rings is 1. The number of non-ortho nitro benzene ring substituents is 1.